The summed E-state index contributed by atoms with van der Waals surface area (Å²) in [5, 5.41) is 8.58. The van der Waals surface area contributed by atoms with Crippen LogP contribution in [0.25, 0.3) is 11.1 Å². The second-order valence-corrected chi connectivity index (χ2v) is 3.66. The number of carboxylic acids is 1. The maximum absolute atomic E-state index is 14.0. The molecule has 0 saturated carbocycles. The van der Waals surface area contributed by atoms with Crippen LogP contribution in [0.1, 0.15) is 5.69 Å². The van der Waals surface area contributed by atoms with Crippen molar-refractivity contribution >= 4 is 5.97 Å². The highest BCUT2D eigenvalue weighted by Gasteiger charge is 2.22. The molecule has 0 saturated heterocycles. The van der Waals surface area contributed by atoms with Crippen molar-refractivity contribution in [2.24, 2.45) is 0 Å². The quantitative estimate of drug-likeness (QED) is 0.867. The SMILES string of the molecule is O=C(O)Cc1nc(F)c(F)c(-c2ccncc2)c1F. The van der Waals surface area contributed by atoms with E-state index in [9.17, 15) is 18.0 Å². The van der Waals surface area contributed by atoms with Gasteiger partial charge >= 0.3 is 5.97 Å². The Morgan fingerprint density at radius 1 is 1.16 bits per heavy atom. The van der Waals surface area contributed by atoms with Crippen molar-refractivity contribution < 1.29 is 23.1 Å². The van der Waals surface area contributed by atoms with Crippen molar-refractivity contribution in [3.63, 3.8) is 0 Å². The molecule has 2 aromatic rings. The highest BCUT2D eigenvalue weighted by atomic mass is 19.2. The third-order valence-electron chi connectivity index (χ3n) is 2.39. The molecule has 2 heterocycles. The molecule has 1 N–H and O–H groups in total. The predicted octanol–water partition coefficient (Wildman–Crippen LogP) is 2.19. The Balaban J connectivity index is 2.66. The minimum Gasteiger partial charge on any atom is -0.481 e. The van der Waals surface area contributed by atoms with E-state index < -0.39 is 41.2 Å². The first-order valence-electron chi connectivity index (χ1n) is 5.16. The fraction of sp³-hybridized carbons (Fsp3) is 0.0833. The zero-order valence-corrected chi connectivity index (χ0v) is 9.40. The predicted molar refractivity (Wildman–Crippen MR) is 58.7 cm³/mol. The van der Waals surface area contributed by atoms with Crippen molar-refractivity contribution in [2.75, 3.05) is 0 Å². The van der Waals surface area contributed by atoms with Gasteiger partial charge in [0.15, 0.2) is 11.6 Å². The fourth-order valence-corrected chi connectivity index (χ4v) is 1.59. The Labute approximate surface area is 105 Å². The Hall–Kier alpha value is -2.44. The van der Waals surface area contributed by atoms with Crippen LogP contribution in [0.3, 0.4) is 0 Å². The Bertz CT molecular complexity index is 633. The first-order chi connectivity index (χ1) is 9.00. The Morgan fingerprint density at radius 3 is 2.37 bits per heavy atom. The van der Waals surface area contributed by atoms with Crippen LogP contribution in [0, 0.1) is 17.6 Å². The standard InChI is InChI=1S/C12H7F3N2O2/c13-10-7(5-8(18)19)17-12(15)11(14)9(10)6-1-3-16-4-2-6/h1-4H,5H2,(H,18,19). The minimum absolute atomic E-state index is 0.0536. The summed E-state index contributed by atoms with van der Waals surface area (Å²) in [5.41, 5.74) is -1.25. The van der Waals surface area contributed by atoms with Crippen LogP contribution in [0.15, 0.2) is 24.5 Å². The van der Waals surface area contributed by atoms with E-state index in [-0.39, 0.29) is 5.56 Å². The lowest BCUT2D eigenvalue weighted by atomic mass is 10.0. The lowest BCUT2D eigenvalue weighted by Gasteiger charge is -2.08. The normalized spacial score (nSPS) is 10.5. The van der Waals surface area contributed by atoms with Crippen molar-refractivity contribution in [2.45, 2.75) is 6.42 Å². The van der Waals surface area contributed by atoms with E-state index in [2.05, 4.69) is 9.97 Å². The van der Waals surface area contributed by atoms with E-state index in [1.807, 2.05) is 0 Å². The molecule has 0 spiro atoms. The summed E-state index contributed by atoms with van der Waals surface area (Å²) in [5.74, 6) is -5.58. The van der Waals surface area contributed by atoms with Crippen LogP contribution >= 0.6 is 0 Å². The molecular formula is C12H7F3N2O2. The molecule has 2 rings (SSSR count). The van der Waals surface area contributed by atoms with Gasteiger partial charge in [-0.2, -0.15) is 4.39 Å². The molecule has 0 unspecified atom stereocenters. The van der Waals surface area contributed by atoms with Gasteiger partial charge in [-0.25, -0.2) is 13.8 Å². The lowest BCUT2D eigenvalue weighted by Crippen LogP contribution is -2.10. The molecule has 19 heavy (non-hydrogen) atoms. The Kier molecular flexibility index (Phi) is 3.46. The summed E-state index contributed by atoms with van der Waals surface area (Å²) in [7, 11) is 0. The maximum Gasteiger partial charge on any atom is 0.309 e. The van der Waals surface area contributed by atoms with Crippen molar-refractivity contribution in [3.05, 3.63) is 47.8 Å². The van der Waals surface area contributed by atoms with E-state index in [1.54, 1.807) is 0 Å². The van der Waals surface area contributed by atoms with Gasteiger partial charge < -0.3 is 5.11 Å². The van der Waals surface area contributed by atoms with Crippen LogP contribution in [0.5, 0.6) is 0 Å². The topological polar surface area (TPSA) is 63.1 Å². The molecule has 2 aromatic heterocycles. The summed E-state index contributed by atoms with van der Waals surface area (Å²) in [4.78, 5) is 17.2. The number of carbonyl (C=O) groups is 1. The summed E-state index contributed by atoms with van der Waals surface area (Å²) < 4.78 is 40.9. The molecule has 0 aliphatic carbocycles. The largest absolute Gasteiger partial charge is 0.481 e. The number of aliphatic carboxylic acids is 1. The molecule has 0 aliphatic heterocycles. The number of carboxylic acid groups (broad SMARTS) is 1. The van der Waals surface area contributed by atoms with Gasteiger partial charge in [0.1, 0.15) is 0 Å². The second kappa shape index (κ2) is 5.05. The molecule has 98 valence electrons. The van der Waals surface area contributed by atoms with Gasteiger partial charge in [-0.05, 0) is 17.7 Å². The van der Waals surface area contributed by atoms with Gasteiger partial charge in [0.2, 0.25) is 5.95 Å². The van der Waals surface area contributed by atoms with Gasteiger partial charge in [0, 0.05) is 12.4 Å². The van der Waals surface area contributed by atoms with Crippen LogP contribution in [0.2, 0.25) is 0 Å². The summed E-state index contributed by atoms with van der Waals surface area (Å²) in [6, 6.07) is 2.57. The minimum atomic E-state index is -1.54. The monoisotopic (exact) mass is 268 g/mol. The first kappa shape index (κ1) is 13.0. The highest BCUT2D eigenvalue weighted by Crippen LogP contribution is 2.28. The van der Waals surface area contributed by atoms with Crippen LogP contribution < -0.4 is 0 Å². The smallest absolute Gasteiger partial charge is 0.309 e. The van der Waals surface area contributed by atoms with E-state index in [0.29, 0.717) is 0 Å². The summed E-state index contributed by atoms with van der Waals surface area (Å²) >= 11 is 0. The number of nitrogens with zero attached hydrogens (tertiary/aromatic N) is 2. The number of pyridine rings is 2. The zero-order valence-electron chi connectivity index (χ0n) is 9.40. The van der Waals surface area contributed by atoms with Gasteiger partial charge in [-0.3, -0.25) is 9.78 Å². The summed E-state index contributed by atoms with van der Waals surface area (Å²) in [6.07, 6.45) is 1.73. The van der Waals surface area contributed by atoms with Gasteiger partial charge in [0.25, 0.3) is 0 Å². The maximum atomic E-state index is 14.0. The molecule has 0 radical (unpaired) electrons. The molecular weight excluding hydrogens is 261 g/mol. The zero-order chi connectivity index (χ0) is 14.0. The van der Waals surface area contributed by atoms with Gasteiger partial charge in [-0.15, -0.1) is 0 Å². The van der Waals surface area contributed by atoms with Crippen molar-refractivity contribution in [3.8, 4) is 11.1 Å². The Morgan fingerprint density at radius 2 is 1.79 bits per heavy atom. The molecule has 0 aliphatic rings. The van der Waals surface area contributed by atoms with E-state index in [0.717, 1.165) is 0 Å². The molecule has 7 heteroatoms. The number of aromatic nitrogens is 2. The first-order valence-corrected chi connectivity index (χ1v) is 5.16. The van der Waals surface area contributed by atoms with Gasteiger partial charge in [0.05, 0.1) is 17.7 Å². The molecule has 0 atom stereocenters. The second-order valence-electron chi connectivity index (χ2n) is 3.66. The van der Waals surface area contributed by atoms with Crippen LogP contribution in [-0.4, -0.2) is 21.0 Å². The van der Waals surface area contributed by atoms with E-state index >= 15 is 0 Å². The average Bonchev–Trinajstić information content (AvgIpc) is 2.37. The number of halogens is 3. The van der Waals surface area contributed by atoms with E-state index in [1.165, 1.54) is 24.5 Å². The van der Waals surface area contributed by atoms with Crippen molar-refractivity contribution in [1.29, 1.82) is 0 Å². The molecule has 0 amide bonds. The summed E-state index contributed by atoms with van der Waals surface area (Å²) in [6.45, 7) is 0. The van der Waals surface area contributed by atoms with Gasteiger partial charge in [-0.1, -0.05) is 0 Å². The van der Waals surface area contributed by atoms with Crippen LogP contribution in [0.4, 0.5) is 13.2 Å². The molecule has 4 nitrogen and oxygen atoms in total. The molecule has 0 bridgehead atoms. The van der Waals surface area contributed by atoms with E-state index in [4.69, 9.17) is 5.11 Å². The number of rotatable bonds is 3. The third kappa shape index (κ3) is 2.54. The lowest BCUT2D eigenvalue weighted by molar-refractivity contribution is -0.136. The average molecular weight is 268 g/mol. The number of hydrogen-bond acceptors (Lipinski definition) is 3. The molecule has 0 aromatic carbocycles. The number of hydrogen-bond donors (Lipinski definition) is 1. The molecule has 0 fully saturated rings. The van der Waals surface area contributed by atoms with Crippen LogP contribution in [-0.2, 0) is 11.2 Å². The third-order valence-corrected chi connectivity index (χ3v) is 2.39. The van der Waals surface area contributed by atoms with Crippen molar-refractivity contribution in [1.82, 2.24) is 9.97 Å². The fourth-order valence-electron chi connectivity index (χ4n) is 1.59. The highest BCUT2D eigenvalue weighted by molar-refractivity contribution is 5.71.